The van der Waals surface area contributed by atoms with Crippen LogP contribution in [0.5, 0.6) is 0 Å². The van der Waals surface area contributed by atoms with Gasteiger partial charge in [0.05, 0.1) is 29.5 Å². The van der Waals surface area contributed by atoms with Gasteiger partial charge in [-0.15, -0.1) is 0 Å². The van der Waals surface area contributed by atoms with E-state index in [0.29, 0.717) is 51.6 Å². The highest BCUT2D eigenvalue weighted by Crippen LogP contribution is 2.30. The summed E-state index contributed by atoms with van der Waals surface area (Å²) in [5, 5.41) is 5.46. The predicted molar refractivity (Wildman–Crippen MR) is 102 cm³/mol. The number of hydrogen-bond donors (Lipinski definition) is 2. The number of urea groups is 1. The third kappa shape index (κ3) is 4.66. The lowest BCUT2D eigenvalue weighted by molar-refractivity contribution is 0.123. The minimum absolute atomic E-state index is 0.171. The van der Waals surface area contributed by atoms with E-state index in [2.05, 4.69) is 15.5 Å². The first-order valence-electron chi connectivity index (χ1n) is 8.95. The lowest BCUT2D eigenvalue weighted by atomic mass is 10.2. The highest BCUT2D eigenvalue weighted by molar-refractivity contribution is 7.89. The molecule has 2 rings (SSSR count). The van der Waals surface area contributed by atoms with Gasteiger partial charge in [0.1, 0.15) is 0 Å². The standard InChI is InChI=1S/C17H28N4O4S/c1-4-18-17(22)19-15-13-14(26(23,24)21(5-2)6-3)7-8-16(15)20-9-11-25-12-10-20/h7-8,13H,4-6,9-12H2,1-3H3,(H2,18,19,22). The number of nitrogens with one attached hydrogen (secondary N) is 2. The Balaban J connectivity index is 2.42. The number of carbonyl (C=O) groups is 1. The first-order valence-corrected chi connectivity index (χ1v) is 10.4. The summed E-state index contributed by atoms with van der Waals surface area (Å²) in [6.45, 7) is 9.26. The summed E-state index contributed by atoms with van der Waals surface area (Å²) in [7, 11) is -3.60. The molecule has 8 nitrogen and oxygen atoms in total. The number of hydrogen-bond acceptors (Lipinski definition) is 5. The summed E-state index contributed by atoms with van der Waals surface area (Å²) >= 11 is 0. The van der Waals surface area contributed by atoms with E-state index < -0.39 is 10.0 Å². The topological polar surface area (TPSA) is 91.0 Å². The molecule has 0 unspecified atom stereocenters. The van der Waals surface area contributed by atoms with Crippen molar-refractivity contribution in [1.29, 1.82) is 0 Å². The van der Waals surface area contributed by atoms with E-state index in [4.69, 9.17) is 4.74 Å². The summed E-state index contributed by atoms with van der Waals surface area (Å²) < 4.78 is 32.4. The maximum Gasteiger partial charge on any atom is 0.319 e. The van der Waals surface area contributed by atoms with Crippen molar-refractivity contribution in [1.82, 2.24) is 9.62 Å². The Kier molecular flexibility index (Phi) is 7.24. The van der Waals surface area contributed by atoms with Crippen LogP contribution < -0.4 is 15.5 Å². The molecule has 146 valence electrons. The SMILES string of the molecule is CCNC(=O)Nc1cc(S(=O)(=O)N(CC)CC)ccc1N1CCOCC1. The second kappa shape index (κ2) is 9.20. The fourth-order valence-electron chi connectivity index (χ4n) is 2.90. The van der Waals surface area contributed by atoms with Crippen LogP contribution in [0.3, 0.4) is 0 Å². The Labute approximate surface area is 155 Å². The van der Waals surface area contributed by atoms with E-state index in [9.17, 15) is 13.2 Å². The van der Waals surface area contributed by atoms with Crippen molar-refractivity contribution in [2.24, 2.45) is 0 Å². The third-order valence-electron chi connectivity index (χ3n) is 4.25. The van der Waals surface area contributed by atoms with Gasteiger partial charge in [0, 0.05) is 32.7 Å². The molecule has 0 spiro atoms. The largest absolute Gasteiger partial charge is 0.378 e. The molecule has 1 heterocycles. The fourth-order valence-corrected chi connectivity index (χ4v) is 4.38. The fraction of sp³-hybridized carbons (Fsp3) is 0.588. The molecule has 1 aliphatic rings. The molecule has 0 atom stereocenters. The van der Waals surface area contributed by atoms with Gasteiger partial charge in [-0.3, -0.25) is 0 Å². The summed E-state index contributed by atoms with van der Waals surface area (Å²) in [4.78, 5) is 14.3. The molecule has 26 heavy (non-hydrogen) atoms. The molecule has 1 fully saturated rings. The highest BCUT2D eigenvalue weighted by Gasteiger charge is 2.24. The molecule has 0 aliphatic carbocycles. The Morgan fingerprint density at radius 1 is 1.19 bits per heavy atom. The lowest BCUT2D eigenvalue weighted by Gasteiger charge is -2.31. The van der Waals surface area contributed by atoms with Gasteiger partial charge in [-0.05, 0) is 25.1 Å². The normalized spacial score (nSPS) is 15.2. The molecule has 2 amide bonds. The van der Waals surface area contributed by atoms with Crippen LogP contribution >= 0.6 is 0 Å². The quantitative estimate of drug-likeness (QED) is 0.747. The van der Waals surface area contributed by atoms with Crippen molar-refractivity contribution in [3.05, 3.63) is 18.2 Å². The molecule has 1 aliphatic heterocycles. The Morgan fingerprint density at radius 3 is 2.42 bits per heavy atom. The zero-order valence-electron chi connectivity index (χ0n) is 15.6. The van der Waals surface area contributed by atoms with E-state index in [1.165, 1.54) is 10.4 Å². The van der Waals surface area contributed by atoms with Crippen molar-refractivity contribution in [3.8, 4) is 0 Å². The second-order valence-corrected chi connectivity index (χ2v) is 7.79. The van der Waals surface area contributed by atoms with Crippen LogP contribution in [0.2, 0.25) is 0 Å². The predicted octanol–water partition coefficient (Wildman–Crippen LogP) is 1.70. The molecule has 0 radical (unpaired) electrons. The monoisotopic (exact) mass is 384 g/mol. The molecule has 0 aromatic heterocycles. The van der Waals surface area contributed by atoms with Gasteiger partial charge >= 0.3 is 6.03 Å². The summed E-state index contributed by atoms with van der Waals surface area (Å²) in [5.74, 6) is 0. The summed E-state index contributed by atoms with van der Waals surface area (Å²) in [6, 6.07) is 4.53. The zero-order valence-corrected chi connectivity index (χ0v) is 16.4. The van der Waals surface area contributed by atoms with Crippen LogP contribution in [-0.4, -0.2) is 64.7 Å². The van der Waals surface area contributed by atoms with Gasteiger partial charge in [-0.1, -0.05) is 13.8 Å². The first-order chi connectivity index (χ1) is 12.4. The minimum Gasteiger partial charge on any atom is -0.378 e. The lowest BCUT2D eigenvalue weighted by Crippen LogP contribution is -2.37. The van der Waals surface area contributed by atoms with Crippen LogP contribution in [0.15, 0.2) is 23.1 Å². The van der Waals surface area contributed by atoms with Crippen molar-refractivity contribution in [2.45, 2.75) is 25.7 Å². The number of benzene rings is 1. The van der Waals surface area contributed by atoms with Gasteiger partial charge in [0.2, 0.25) is 10.0 Å². The van der Waals surface area contributed by atoms with Crippen LogP contribution in [-0.2, 0) is 14.8 Å². The number of rotatable bonds is 7. The number of sulfonamides is 1. The highest BCUT2D eigenvalue weighted by atomic mass is 32.2. The summed E-state index contributed by atoms with van der Waals surface area (Å²) in [6.07, 6.45) is 0. The molecule has 0 saturated carbocycles. The molecule has 0 bridgehead atoms. The van der Waals surface area contributed by atoms with Gasteiger partial charge in [-0.25, -0.2) is 13.2 Å². The Morgan fingerprint density at radius 2 is 1.85 bits per heavy atom. The van der Waals surface area contributed by atoms with Gasteiger partial charge in [0.25, 0.3) is 0 Å². The number of carbonyl (C=O) groups excluding carboxylic acids is 1. The van der Waals surface area contributed by atoms with E-state index in [1.807, 2.05) is 6.92 Å². The average Bonchev–Trinajstić information content (AvgIpc) is 2.63. The van der Waals surface area contributed by atoms with Crippen molar-refractivity contribution in [3.63, 3.8) is 0 Å². The second-order valence-electron chi connectivity index (χ2n) is 5.85. The number of anilines is 2. The number of ether oxygens (including phenoxy) is 1. The molecule has 1 aromatic rings. The van der Waals surface area contributed by atoms with Crippen LogP contribution in [0.1, 0.15) is 20.8 Å². The van der Waals surface area contributed by atoms with Crippen molar-refractivity contribution in [2.75, 3.05) is 56.2 Å². The van der Waals surface area contributed by atoms with Gasteiger partial charge in [0.15, 0.2) is 0 Å². The van der Waals surface area contributed by atoms with Crippen LogP contribution in [0.25, 0.3) is 0 Å². The number of amides is 2. The van der Waals surface area contributed by atoms with Crippen LogP contribution in [0, 0.1) is 0 Å². The zero-order chi connectivity index (χ0) is 19.2. The average molecular weight is 385 g/mol. The first kappa shape index (κ1) is 20.5. The maximum absolute atomic E-state index is 12.8. The van der Waals surface area contributed by atoms with Gasteiger partial charge in [-0.2, -0.15) is 4.31 Å². The molecule has 1 saturated heterocycles. The molecule has 9 heteroatoms. The number of nitrogens with zero attached hydrogens (tertiary/aromatic N) is 2. The number of morpholine rings is 1. The Hall–Kier alpha value is -1.84. The van der Waals surface area contributed by atoms with Gasteiger partial charge < -0.3 is 20.3 Å². The molecule has 2 N–H and O–H groups in total. The van der Waals surface area contributed by atoms with E-state index >= 15 is 0 Å². The third-order valence-corrected chi connectivity index (χ3v) is 6.29. The molecular formula is C17H28N4O4S. The molecule has 1 aromatic carbocycles. The maximum atomic E-state index is 12.8. The van der Waals surface area contributed by atoms with E-state index in [1.54, 1.807) is 26.0 Å². The van der Waals surface area contributed by atoms with E-state index in [0.717, 1.165) is 5.69 Å². The Bertz CT molecular complexity index is 713. The van der Waals surface area contributed by atoms with Crippen molar-refractivity contribution >= 4 is 27.4 Å². The smallest absolute Gasteiger partial charge is 0.319 e. The van der Waals surface area contributed by atoms with Crippen LogP contribution in [0.4, 0.5) is 16.2 Å². The molecular weight excluding hydrogens is 356 g/mol. The van der Waals surface area contributed by atoms with Crippen molar-refractivity contribution < 1.29 is 17.9 Å². The van der Waals surface area contributed by atoms with E-state index in [-0.39, 0.29) is 10.9 Å². The minimum atomic E-state index is -3.60. The summed E-state index contributed by atoms with van der Waals surface area (Å²) in [5.41, 5.74) is 1.27.